The number of aliphatic hydroxyl groups is 1. The van der Waals surface area contributed by atoms with Gasteiger partial charge in [0.25, 0.3) is 0 Å². The molecule has 1 aliphatic rings. The molecule has 1 amide bonds. The summed E-state index contributed by atoms with van der Waals surface area (Å²) in [6.07, 6.45) is -0.285. The second-order valence-corrected chi connectivity index (χ2v) is 6.07. The van der Waals surface area contributed by atoms with E-state index in [1.807, 2.05) is 11.0 Å². The highest BCUT2D eigenvalue weighted by atomic mass is 19.1. The number of rotatable bonds is 4. The van der Waals surface area contributed by atoms with Crippen LogP contribution in [0, 0.1) is 11.6 Å². The maximum atomic E-state index is 14.1. The Morgan fingerprint density at radius 3 is 2.79 bits per heavy atom. The van der Waals surface area contributed by atoms with E-state index in [0.29, 0.717) is 25.1 Å². The molecule has 4 nitrogen and oxygen atoms in total. The molecule has 0 saturated carbocycles. The van der Waals surface area contributed by atoms with Gasteiger partial charge in [-0.15, -0.1) is 0 Å². The van der Waals surface area contributed by atoms with Crippen molar-refractivity contribution in [3.05, 3.63) is 70.8 Å². The molecule has 1 fully saturated rings. The molecule has 3 N–H and O–H groups in total. The fourth-order valence-corrected chi connectivity index (χ4v) is 3.21. The second kappa shape index (κ2) is 6.67. The van der Waals surface area contributed by atoms with E-state index in [-0.39, 0.29) is 5.56 Å². The van der Waals surface area contributed by atoms with Crippen molar-refractivity contribution in [2.24, 2.45) is 5.73 Å². The Morgan fingerprint density at radius 2 is 2.04 bits per heavy atom. The minimum Gasteiger partial charge on any atom is -0.392 e. The largest absolute Gasteiger partial charge is 0.392 e. The molecule has 1 heterocycles. The Balaban J connectivity index is 1.87. The summed E-state index contributed by atoms with van der Waals surface area (Å²) in [7, 11) is 0. The third kappa shape index (κ3) is 3.44. The number of nitrogens with zero attached hydrogens (tertiary/aromatic N) is 1. The van der Waals surface area contributed by atoms with Gasteiger partial charge in [0, 0.05) is 30.3 Å². The Morgan fingerprint density at radius 1 is 1.25 bits per heavy atom. The number of likely N-dealkylation sites (tertiary alicyclic amines) is 1. The number of hydrogen-bond acceptors (Lipinski definition) is 3. The number of amides is 1. The van der Waals surface area contributed by atoms with Gasteiger partial charge in [0.15, 0.2) is 0 Å². The molecule has 3 rings (SSSR count). The zero-order valence-corrected chi connectivity index (χ0v) is 13.0. The first-order chi connectivity index (χ1) is 11.4. The van der Waals surface area contributed by atoms with Crippen molar-refractivity contribution < 1.29 is 18.7 Å². The van der Waals surface area contributed by atoms with E-state index in [2.05, 4.69) is 0 Å². The highest BCUT2D eigenvalue weighted by molar-refractivity contribution is 5.92. The predicted molar refractivity (Wildman–Crippen MR) is 85.1 cm³/mol. The van der Waals surface area contributed by atoms with Gasteiger partial charge in [0.1, 0.15) is 11.6 Å². The van der Waals surface area contributed by atoms with Crippen LogP contribution in [0.25, 0.3) is 0 Å². The monoisotopic (exact) mass is 332 g/mol. The Hall–Kier alpha value is -2.31. The summed E-state index contributed by atoms with van der Waals surface area (Å²) in [5.41, 5.74) is 6.73. The Bertz CT molecular complexity index is 766. The minimum atomic E-state index is -0.614. The van der Waals surface area contributed by atoms with Crippen LogP contribution in [0.4, 0.5) is 8.78 Å². The number of benzene rings is 2. The van der Waals surface area contributed by atoms with E-state index in [9.17, 15) is 18.7 Å². The van der Waals surface area contributed by atoms with Crippen LogP contribution >= 0.6 is 0 Å². The van der Waals surface area contributed by atoms with Crippen molar-refractivity contribution in [3.8, 4) is 0 Å². The van der Waals surface area contributed by atoms with Crippen molar-refractivity contribution in [2.45, 2.75) is 25.1 Å². The molecule has 1 aliphatic heterocycles. The molecule has 0 radical (unpaired) electrons. The van der Waals surface area contributed by atoms with Gasteiger partial charge in [-0.05, 0) is 42.3 Å². The van der Waals surface area contributed by atoms with E-state index in [1.54, 1.807) is 18.2 Å². The Labute approximate surface area is 138 Å². The van der Waals surface area contributed by atoms with Crippen molar-refractivity contribution in [2.75, 3.05) is 6.54 Å². The standard InChI is InChI=1S/C18H18F2N2O2/c19-13-4-5-16(20)15(7-13)17-8-14(23)10-22(17)9-11-2-1-3-12(6-11)18(21)24/h1-7,14,17,23H,8-10H2,(H2,21,24)/t14-,17-/m1/s1. The summed E-state index contributed by atoms with van der Waals surface area (Å²) in [6.45, 7) is 0.750. The van der Waals surface area contributed by atoms with Gasteiger partial charge in [-0.25, -0.2) is 8.78 Å². The van der Waals surface area contributed by atoms with Crippen molar-refractivity contribution in [3.63, 3.8) is 0 Å². The van der Waals surface area contributed by atoms with Crippen LogP contribution in [0.1, 0.15) is 33.9 Å². The summed E-state index contributed by atoms with van der Waals surface area (Å²) in [4.78, 5) is 13.2. The average molecular weight is 332 g/mol. The minimum absolute atomic E-state index is 0.234. The number of carbonyl (C=O) groups is 1. The topological polar surface area (TPSA) is 66.6 Å². The average Bonchev–Trinajstić information content (AvgIpc) is 2.90. The summed E-state index contributed by atoms with van der Waals surface area (Å²) in [5, 5.41) is 9.98. The van der Waals surface area contributed by atoms with Gasteiger partial charge in [0.05, 0.1) is 6.10 Å². The molecule has 0 spiro atoms. The van der Waals surface area contributed by atoms with Crippen molar-refractivity contribution in [1.29, 1.82) is 0 Å². The number of primary amides is 1. The predicted octanol–water partition coefficient (Wildman–Crippen LogP) is 2.37. The molecule has 126 valence electrons. The number of nitrogens with two attached hydrogens (primary N) is 1. The van der Waals surface area contributed by atoms with Gasteiger partial charge in [0.2, 0.25) is 5.91 Å². The van der Waals surface area contributed by atoms with Crippen LogP contribution in [0.3, 0.4) is 0 Å². The van der Waals surface area contributed by atoms with Crippen LogP contribution in [0.15, 0.2) is 42.5 Å². The van der Waals surface area contributed by atoms with E-state index in [4.69, 9.17) is 5.73 Å². The molecule has 2 atom stereocenters. The first kappa shape index (κ1) is 16.5. The lowest BCUT2D eigenvalue weighted by Gasteiger charge is -2.25. The third-order valence-corrected chi connectivity index (χ3v) is 4.30. The highest BCUT2D eigenvalue weighted by Gasteiger charge is 2.33. The van der Waals surface area contributed by atoms with Crippen LogP contribution in [-0.2, 0) is 6.54 Å². The Kier molecular flexibility index (Phi) is 4.59. The van der Waals surface area contributed by atoms with Crippen molar-refractivity contribution >= 4 is 5.91 Å². The van der Waals surface area contributed by atoms with Gasteiger partial charge in [-0.3, -0.25) is 9.69 Å². The van der Waals surface area contributed by atoms with Crippen LogP contribution in [0.5, 0.6) is 0 Å². The number of hydrogen-bond donors (Lipinski definition) is 2. The van der Waals surface area contributed by atoms with Crippen molar-refractivity contribution in [1.82, 2.24) is 4.90 Å². The molecular weight excluding hydrogens is 314 g/mol. The highest BCUT2D eigenvalue weighted by Crippen LogP contribution is 2.35. The van der Waals surface area contributed by atoms with E-state index < -0.39 is 29.7 Å². The smallest absolute Gasteiger partial charge is 0.248 e. The molecule has 0 bridgehead atoms. The SMILES string of the molecule is NC(=O)c1cccc(CN2C[C@H](O)C[C@@H]2c2cc(F)ccc2F)c1. The molecule has 0 aromatic heterocycles. The fraction of sp³-hybridized carbons (Fsp3) is 0.278. The number of carbonyl (C=O) groups excluding carboxylic acids is 1. The third-order valence-electron chi connectivity index (χ3n) is 4.30. The zero-order valence-electron chi connectivity index (χ0n) is 13.0. The first-order valence-electron chi connectivity index (χ1n) is 7.70. The summed E-state index contributed by atoms with van der Waals surface area (Å²) in [5.74, 6) is -1.53. The molecule has 6 heteroatoms. The number of halogens is 2. The molecule has 1 saturated heterocycles. The first-order valence-corrected chi connectivity index (χ1v) is 7.70. The summed E-state index contributed by atoms with van der Waals surface area (Å²) < 4.78 is 27.6. The molecular formula is C18H18F2N2O2. The lowest BCUT2D eigenvalue weighted by Crippen LogP contribution is -2.25. The van der Waals surface area contributed by atoms with Gasteiger partial charge >= 0.3 is 0 Å². The van der Waals surface area contributed by atoms with E-state index in [0.717, 1.165) is 17.7 Å². The maximum Gasteiger partial charge on any atom is 0.248 e. The summed E-state index contributed by atoms with van der Waals surface area (Å²) in [6, 6.07) is 9.76. The summed E-state index contributed by atoms with van der Waals surface area (Å²) >= 11 is 0. The number of β-amino-alcohol motifs (C(OH)–C–C–N with tert-alkyl or cyclic N) is 1. The maximum absolute atomic E-state index is 14.1. The molecule has 0 aliphatic carbocycles. The second-order valence-electron chi connectivity index (χ2n) is 6.07. The normalized spacial score (nSPS) is 21.1. The lowest BCUT2D eigenvalue weighted by molar-refractivity contribution is 0.1000. The molecule has 0 unspecified atom stereocenters. The van der Waals surface area contributed by atoms with Gasteiger partial charge in [-0.1, -0.05) is 12.1 Å². The molecule has 24 heavy (non-hydrogen) atoms. The molecule has 2 aromatic rings. The quantitative estimate of drug-likeness (QED) is 0.903. The van der Waals surface area contributed by atoms with Crippen LogP contribution in [0.2, 0.25) is 0 Å². The lowest BCUT2D eigenvalue weighted by atomic mass is 10.0. The number of aliphatic hydroxyl groups excluding tert-OH is 1. The van der Waals surface area contributed by atoms with Crippen LogP contribution < -0.4 is 5.73 Å². The van der Waals surface area contributed by atoms with Gasteiger partial charge in [-0.2, -0.15) is 0 Å². The van der Waals surface area contributed by atoms with Gasteiger partial charge < -0.3 is 10.8 Å². The zero-order chi connectivity index (χ0) is 17.3. The van der Waals surface area contributed by atoms with E-state index in [1.165, 1.54) is 6.07 Å². The van der Waals surface area contributed by atoms with Crippen LogP contribution in [-0.4, -0.2) is 28.6 Å². The fourth-order valence-electron chi connectivity index (χ4n) is 3.21. The molecule has 2 aromatic carbocycles. The van der Waals surface area contributed by atoms with E-state index >= 15 is 0 Å².